The molecule has 2 aromatic carbocycles. The summed E-state index contributed by atoms with van der Waals surface area (Å²) in [7, 11) is 1.43. The third-order valence-electron chi connectivity index (χ3n) is 4.64. The smallest absolute Gasteiger partial charge is 0.414 e. The second-order valence-corrected chi connectivity index (χ2v) is 6.58. The molecular weight excluding hydrogens is 381 g/mol. The van der Waals surface area contributed by atoms with Crippen LogP contribution in [-0.4, -0.2) is 34.3 Å². The maximum Gasteiger partial charge on any atom is 0.414 e. The second kappa shape index (κ2) is 7.88. The standard InChI is InChI=1S/C20H18FN3O5/c1-27-18-7-6-15(8-17(18)21)14-4-2-13(3-5-14)11-28-16-9-23-10-19(24(25)26)22-20(23)29-12-16/h2-8,10,16H,9,11-12H2,1H3/t16-/m0/s1. The third-order valence-corrected chi connectivity index (χ3v) is 4.64. The van der Waals surface area contributed by atoms with Crippen LogP contribution < -0.4 is 9.47 Å². The van der Waals surface area contributed by atoms with Gasteiger partial charge in [-0.25, -0.2) is 4.39 Å². The Balaban J connectivity index is 1.37. The Morgan fingerprint density at radius 1 is 1.28 bits per heavy atom. The lowest BCUT2D eigenvalue weighted by molar-refractivity contribution is -0.389. The van der Waals surface area contributed by atoms with Gasteiger partial charge in [-0.1, -0.05) is 30.3 Å². The van der Waals surface area contributed by atoms with Crippen LogP contribution in [0.15, 0.2) is 48.7 Å². The van der Waals surface area contributed by atoms with E-state index in [9.17, 15) is 14.5 Å². The zero-order chi connectivity index (χ0) is 20.4. The predicted molar refractivity (Wildman–Crippen MR) is 101 cm³/mol. The van der Waals surface area contributed by atoms with Gasteiger partial charge in [0.05, 0.1) is 20.3 Å². The first-order chi connectivity index (χ1) is 14.0. The molecule has 0 saturated heterocycles. The summed E-state index contributed by atoms with van der Waals surface area (Å²) in [5.41, 5.74) is 2.59. The molecule has 29 heavy (non-hydrogen) atoms. The molecule has 0 saturated carbocycles. The number of rotatable bonds is 6. The lowest BCUT2D eigenvalue weighted by atomic mass is 10.0. The Hall–Kier alpha value is -3.46. The van der Waals surface area contributed by atoms with E-state index in [1.807, 2.05) is 24.3 Å². The number of methoxy groups -OCH3 is 1. The number of imidazole rings is 1. The molecule has 1 aromatic heterocycles. The van der Waals surface area contributed by atoms with E-state index in [0.717, 1.165) is 16.7 Å². The van der Waals surface area contributed by atoms with Gasteiger partial charge in [-0.15, -0.1) is 0 Å². The number of hydrogen-bond acceptors (Lipinski definition) is 6. The molecule has 1 atom stereocenters. The van der Waals surface area contributed by atoms with Crippen LogP contribution in [0.1, 0.15) is 5.56 Å². The molecular formula is C20H18FN3O5. The van der Waals surface area contributed by atoms with Gasteiger partial charge in [0.1, 0.15) is 18.9 Å². The first-order valence-corrected chi connectivity index (χ1v) is 8.92. The van der Waals surface area contributed by atoms with Crippen molar-refractivity contribution in [3.63, 3.8) is 0 Å². The molecule has 4 rings (SSSR count). The van der Waals surface area contributed by atoms with E-state index in [1.165, 1.54) is 19.4 Å². The van der Waals surface area contributed by atoms with Crippen molar-refractivity contribution < 1.29 is 23.5 Å². The van der Waals surface area contributed by atoms with Crippen LogP contribution in [0, 0.1) is 15.9 Å². The van der Waals surface area contributed by atoms with E-state index >= 15 is 0 Å². The van der Waals surface area contributed by atoms with Crippen LogP contribution in [-0.2, 0) is 17.9 Å². The molecule has 2 heterocycles. The van der Waals surface area contributed by atoms with Gasteiger partial charge in [-0.2, -0.15) is 0 Å². The van der Waals surface area contributed by atoms with Crippen LogP contribution in [0.25, 0.3) is 11.1 Å². The SMILES string of the molecule is COc1ccc(-c2ccc(CO[C@@H]3COc4nc([N+](=O)[O-])cn4C3)cc2)cc1F. The number of halogens is 1. The van der Waals surface area contributed by atoms with Crippen LogP contribution in [0.5, 0.6) is 11.8 Å². The van der Waals surface area contributed by atoms with Crippen LogP contribution in [0.2, 0.25) is 0 Å². The van der Waals surface area contributed by atoms with Gasteiger partial charge in [-0.3, -0.25) is 4.57 Å². The lowest BCUT2D eigenvalue weighted by Gasteiger charge is -2.22. The highest BCUT2D eigenvalue weighted by Crippen LogP contribution is 2.26. The summed E-state index contributed by atoms with van der Waals surface area (Å²) >= 11 is 0. The maximum atomic E-state index is 13.9. The van der Waals surface area contributed by atoms with Crippen molar-refractivity contribution in [1.29, 1.82) is 0 Å². The fourth-order valence-corrected chi connectivity index (χ4v) is 3.11. The number of nitrogens with zero attached hydrogens (tertiary/aromatic N) is 3. The van der Waals surface area contributed by atoms with E-state index in [-0.39, 0.29) is 30.3 Å². The van der Waals surface area contributed by atoms with Crippen LogP contribution in [0.3, 0.4) is 0 Å². The third kappa shape index (κ3) is 4.04. The highest BCUT2D eigenvalue weighted by molar-refractivity contribution is 5.64. The van der Waals surface area contributed by atoms with Crippen molar-refractivity contribution in [3.8, 4) is 22.9 Å². The van der Waals surface area contributed by atoms with E-state index in [4.69, 9.17) is 14.2 Å². The molecule has 150 valence electrons. The molecule has 0 fully saturated rings. The number of hydrogen-bond donors (Lipinski definition) is 0. The van der Waals surface area contributed by atoms with Crippen molar-refractivity contribution in [2.45, 2.75) is 19.3 Å². The van der Waals surface area contributed by atoms with Crippen LogP contribution >= 0.6 is 0 Å². The number of ether oxygens (including phenoxy) is 3. The van der Waals surface area contributed by atoms with Crippen molar-refractivity contribution in [2.75, 3.05) is 13.7 Å². The Labute approximate surface area is 165 Å². The summed E-state index contributed by atoms with van der Waals surface area (Å²) in [5.74, 6) is -0.445. The Bertz CT molecular complexity index is 1040. The number of nitro groups is 1. The Kier molecular flexibility index (Phi) is 5.13. The van der Waals surface area contributed by atoms with E-state index in [2.05, 4.69) is 4.98 Å². The number of benzene rings is 2. The molecule has 0 aliphatic carbocycles. The molecule has 9 heteroatoms. The van der Waals surface area contributed by atoms with Crippen molar-refractivity contribution >= 4 is 5.82 Å². The van der Waals surface area contributed by atoms with Gasteiger partial charge < -0.3 is 24.3 Å². The molecule has 3 aromatic rings. The zero-order valence-electron chi connectivity index (χ0n) is 15.6. The minimum Gasteiger partial charge on any atom is -0.494 e. The minimum absolute atomic E-state index is 0.208. The second-order valence-electron chi connectivity index (χ2n) is 6.58. The van der Waals surface area contributed by atoms with Gasteiger partial charge in [0, 0.05) is 4.98 Å². The van der Waals surface area contributed by atoms with E-state index in [0.29, 0.717) is 13.2 Å². The highest BCUT2D eigenvalue weighted by atomic mass is 19.1. The zero-order valence-corrected chi connectivity index (χ0v) is 15.6. The van der Waals surface area contributed by atoms with Gasteiger partial charge in [-0.05, 0) is 33.7 Å². The fourth-order valence-electron chi connectivity index (χ4n) is 3.11. The Morgan fingerprint density at radius 2 is 2.03 bits per heavy atom. The van der Waals surface area contributed by atoms with E-state index in [1.54, 1.807) is 16.7 Å². The summed E-state index contributed by atoms with van der Waals surface area (Å²) in [6.07, 6.45) is 1.10. The van der Waals surface area contributed by atoms with E-state index < -0.39 is 10.7 Å². The normalized spacial score (nSPS) is 15.4. The maximum absolute atomic E-state index is 13.9. The fraction of sp³-hybridized carbons (Fsp3) is 0.250. The van der Waals surface area contributed by atoms with Gasteiger partial charge >= 0.3 is 11.8 Å². The molecule has 0 unspecified atom stereocenters. The monoisotopic (exact) mass is 399 g/mol. The van der Waals surface area contributed by atoms with Crippen molar-refractivity contribution in [1.82, 2.24) is 9.55 Å². The molecule has 1 aliphatic heterocycles. The summed E-state index contributed by atoms with van der Waals surface area (Å²) < 4.78 is 31.7. The average molecular weight is 399 g/mol. The molecule has 0 amide bonds. The summed E-state index contributed by atoms with van der Waals surface area (Å²) in [6, 6.07) is 12.7. The average Bonchev–Trinajstić information content (AvgIpc) is 3.16. The van der Waals surface area contributed by atoms with Gasteiger partial charge in [0.2, 0.25) is 0 Å². The van der Waals surface area contributed by atoms with Crippen LogP contribution in [0.4, 0.5) is 10.2 Å². The quantitative estimate of drug-likeness (QED) is 0.465. The van der Waals surface area contributed by atoms with Gasteiger partial charge in [0.15, 0.2) is 11.6 Å². The molecule has 0 bridgehead atoms. The predicted octanol–water partition coefficient (Wildman–Crippen LogP) is 3.58. The Morgan fingerprint density at radius 3 is 2.72 bits per heavy atom. The molecule has 1 aliphatic rings. The molecule has 8 nitrogen and oxygen atoms in total. The first kappa shape index (κ1) is 18.9. The largest absolute Gasteiger partial charge is 0.494 e. The molecule has 0 radical (unpaired) electrons. The lowest BCUT2D eigenvalue weighted by Crippen LogP contribution is -2.32. The first-order valence-electron chi connectivity index (χ1n) is 8.92. The molecule has 0 spiro atoms. The summed E-state index contributed by atoms with van der Waals surface area (Å²) in [4.78, 5) is 14.1. The van der Waals surface area contributed by atoms with Gasteiger partial charge in [0.25, 0.3) is 0 Å². The van der Waals surface area contributed by atoms with Crippen molar-refractivity contribution in [2.24, 2.45) is 0 Å². The number of fused-ring (bicyclic) bond motifs is 1. The number of aromatic nitrogens is 2. The topological polar surface area (TPSA) is 88.7 Å². The minimum atomic E-state index is -0.555. The van der Waals surface area contributed by atoms with Crippen molar-refractivity contribution in [3.05, 3.63) is 70.2 Å². The summed E-state index contributed by atoms with van der Waals surface area (Å²) in [5, 5.41) is 10.8. The molecule has 0 N–H and O–H groups in total. The highest BCUT2D eigenvalue weighted by Gasteiger charge is 2.28. The summed E-state index contributed by atoms with van der Waals surface area (Å²) in [6.45, 7) is 1.06.